The molecular weight excluding hydrogens is 247 g/mol. The van der Waals surface area contributed by atoms with E-state index >= 15 is 0 Å². The smallest absolute Gasteiger partial charge is 0.755 e. The predicted molar refractivity (Wildman–Crippen MR) is 40.0 cm³/mol. The Balaban J connectivity index is -0.0000000454. The topological polar surface area (TPSA) is 113 Å². The molecule has 0 bridgehead atoms. The second-order valence-corrected chi connectivity index (χ2v) is 2.21. The van der Waals surface area contributed by atoms with Gasteiger partial charge in [0.1, 0.15) is 0 Å². The monoisotopic (exact) mass is 259 g/mol. The van der Waals surface area contributed by atoms with Crippen LogP contribution in [-0.2, 0) is 9.68 Å². The maximum absolute atomic E-state index is 9.99. The van der Waals surface area contributed by atoms with Crippen LogP contribution in [0.2, 0.25) is 0 Å². The Hall–Kier alpha value is 1.70. The van der Waals surface area contributed by atoms with Gasteiger partial charge >= 0.3 is 88.7 Å². The van der Waals surface area contributed by atoms with E-state index in [0.717, 1.165) is 19.3 Å². The number of carbonyl (C=O) groups excluding carboxylic acids is 2. The number of hydrogen-bond acceptors (Lipinski definition) is 5. The molecule has 0 atom stereocenters. The minimum Gasteiger partial charge on any atom is -0.755 e. The van der Waals surface area contributed by atoms with E-state index < -0.39 is 12.1 Å². The first-order chi connectivity index (χ1) is 6.04. The van der Waals surface area contributed by atoms with Crippen LogP contribution in [0.25, 0.3) is 5.73 Å². The van der Waals surface area contributed by atoms with E-state index in [4.69, 9.17) is 20.9 Å². The van der Waals surface area contributed by atoms with Gasteiger partial charge in [-0.25, -0.2) is 0 Å². The van der Waals surface area contributed by atoms with E-state index in [0.29, 0.717) is 6.42 Å². The molecule has 0 radical (unpaired) electrons. The maximum Gasteiger partial charge on any atom is 1.00 e. The summed E-state index contributed by atoms with van der Waals surface area (Å²) in [7, 11) is 0. The van der Waals surface area contributed by atoms with E-state index in [1.54, 1.807) is 0 Å². The summed E-state index contributed by atoms with van der Waals surface area (Å²) < 4.78 is 0. The number of unbranched alkanes of at least 4 members (excludes halogenated alkanes) is 2. The van der Waals surface area contributed by atoms with E-state index in [9.17, 15) is 4.79 Å². The first-order valence-corrected chi connectivity index (χ1v) is 3.79. The third-order valence-corrected chi connectivity index (χ3v) is 1.08. The van der Waals surface area contributed by atoms with Gasteiger partial charge in [0.2, 0.25) is 6.16 Å². The van der Waals surface area contributed by atoms with Crippen LogP contribution in [0.1, 0.15) is 32.6 Å². The molecule has 0 spiro atoms. The van der Waals surface area contributed by atoms with Crippen LogP contribution in [0.15, 0.2) is 0 Å². The molecule has 0 aliphatic carbocycles. The average Bonchev–Trinajstić information content (AvgIpc) is 2.05. The molecule has 78 valence electrons. The Morgan fingerprint density at radius 3 is 1.75 bits per heavy atom. The van der Waals surface area contributed by atoms with E-state index in [-0.39, 0.29) is 88.7 Å². The number of carbonyl (C=O) groups is 2. The summed E-state index contributed by atoms with van der Waals surface area (Å²) in [4.78, 5) is 21.0. The number of rotatable bonds is 4. The quantitative estimate of drug-likeness (QED) is 0.215. The predicted octanol–water partition coefficient (Wildman–Crippen LogP) is -9.22. The summed E-state index contributed by atoms with van der Waals surface area (Å²) in [5, 5.41) is 17.2. The van der Waals surface area contributed by atoms with Crippen LogP contribution in [0.3, 0.4) is 0 Å². The number of carboxylic acid groups (broad SMARTS) is 1. The van der Waals surface area contributed by atoms with Crippen LogP contribution >= 0.6 is 0 Å². The third kappa shape index (κ3) is 44.8. The van der Waals surface area contributed by atoms with Gasteiger partial charge in [-0.15, -0.1) is 0 Å². The van der Waals surface area contributed by atoms with Crippen molar-refractivity contribution in [3.05, 3.63) is 5.73 Å². The normalized spacial score (nSPS) is 6.62. The van der Waals surface area contributed by atoms with Gasteiger partial charge in [-0.1, -0.05) is 19.8 Å². The third-order valence-electron chi connectivity index (χ3n) is 1.08. The molecular formula is C7H12NNa3O5. The molecule has 0 aliphatic heterocycles. The van der Waals surface area contributed by atoms with Gasteiger partial charge in [0.15, 0.2) is 0 Å². The molecule has 0 rings (SSSR count). The maximum atomic E-state index is 9.99. The van der Waals surface area contributed by atoms with Crippen LogP contribution in [0.5, 0.6) is 0 Å². The fraction of sp³-hybridized carbons (Fsp3) is 0.714. The van der Waals surface area contributed by atoms with Crippen molar-refractivity contribution in [3.8, 4) is 0 Å². The summed E-state index contributed by atoms with van der Waals surface area (Å²) in [6.45, 7) is 2.08. The van der Waals surface area contributed by atoms with Gasteiger partial charge < -0.3 is 30.6 Å². The van der Waals surface area contributed by atoms with Gasteiger partial charge in [0.05, 0.1) is 0 Å². The Morgan fingerprint density at radius 2 is 1.56 bits per heavy atom. The molecule has 16 heavy (non-hydrogen) atoms. The van der Waals surface area contributed by atoms with Gasteiger partial charge in [0, 0.05) is 5.91 Å². The van der Waals surface area contributed by atoms with Crippen LogP contribution in [0.4, 0.5) is 4.79 Å². The second-order valence-electron chi connectivity index (χ2n) is 2.21. The fourth-order valence-electron chi connectivity index (χ4n) is 0.536. The molecule has 9 heteroatoms. The largest absolute Gasteiger partial charge is 1.00 e. The fourth-order valence-corrected chi connectivity index (χ4v) is 0.536. The number of hydrogen-bond donors (Lipinski definition) is 0. The van der Waals surface area contributed by atoms with Crippen molar-refractivity contribution in [1.82, 2.24) is 0 Å². The zero-order chi connectivity index (χ0) is 10.7. The molecule has 1 N–H and O–H groups in total. The zero-order valence-electron chi connectivity index (χ0n) is 10.4. The standard InChI is InChI=1S/C6H13NO.CH2O4.3Na/c1-2-3-4-5-6(7)8;2-1(3)5-4;;;/h2-5H2,1H3,(H2,7,8);4H,(H,2,3);;;/q;;3*+1/p-3. The Labute approximate surface area is 161 Å². The van der Waals surface area contributed by atoms with Gasteiger partial charge in [-0.2, -0.15) is 0 Å². The van der Waals surface area contributed by atoms with Crippen molar-refractivity contribution in [3.63, 3.8) is 0 Å². The SMILES string of the molecule is CCCCCC([NH-])=O.O=C([O-])O[O-].[Na+].[Na+].[Na+]. The van der Waals surface area contributed by atoms with Crippen LogP contribution in [0, 0.1) is 0 Å². The summed E-state index contributed by atoms with van der Waals surface area (Å²) in [5.41, 5.74) is 6.52. The second kappa shape index (κ2) is 25.5. The number of amides is 1. The summed E-state index contributed by atoms with van der Waals surface area (Å²) in [6, 6.07) is 0. The summed E-state index contributed by atoms with van der Waals surface area (Å²) in [6.07, 6.45) is 1.47. The van der Waals surface area contributed by atoms with E-state index in [2.05, 4.69) is 11.8 Å². The van der Waals surface area contributed by atoms with Crippen LogP contribution < -0.4 is 99.0 Å². The Kier molecular flexibility index (Phi) is 48.8. The Morgan fingerprint density at radius 1 is 1.19 bits per heavy atom. The average molecular weight is 259 g/mol. The van der Waals surface area contributed by atoms with E-state index in [1.165, 1.54) is 0 Å². The molecule has 0 heterocycles. The van der Waals surface area contributed by atoms with Crippen LogP contribution in [-0.4, -0.2) is 12.1 Å². The molecule has 0 fully saturated rings. The summed E-state index contributed by atoms with van der Waals surface area (Å²) in [5.74, 6) is -0.432. The molecule has 0 saturated carbocycles. The first kappa shape index (κ1) is 30.6. The minimum absolute atomic E-state index is 0. The van der Waals surface area contributed by atoms with Crippen molar-refractivity contribution in [1.29, 1.82) is 0 Å². The van der Waals surface area contributed by atoms with E-state index in [1.807, 2.05) is 0 Å². The first-order valence-electron chi connectivity index (χ1n) is 3.79. The molecule has 0 unspecified atom stereocenters. The van der Waals surface area contributed by atoms with Crippen molar-refractivity contribution in [2.75, 3.05) is 0 Å². The van der Waals surface area contributed by atoms with Crippen molar-refractivity contribution < 1.29 is 114 Å². The molecule has 0 aromatic carbocycles. The molecule has 0 aromatic heterocycles. The molecule has 0 aromatic rings. The Bertz CT molecular complexity index is 159. The molecule has 6 nitrogen and oxygen atoms in total. The van der Waals surface area contributed by atoms with Gasteiger partial charge in [-0.3, -0.25) is 0 Å². The molecule has 1 amide bonds. The molecule has 0 saturated heterocycles. The van der Waals surface area contributed by atoms with Crippen molar-refractivity contribution in [2.45, 2.75) is 32.6 Å². The van der Waals surface area contributed by atoms with Gasteiger partial charge in [-0.05, 0) is 12.8 Å². The molecule has 0 aliphatic rings. The minimum atomic E-state index is -2.05. The van der Waals surface area contributed by atoms with Crippen molar-refractivity contribution >= 4 is 12.1 Å². The van der Waals surface area contributed by atoms with Gasteiger partial charge in [0.25, 0.3) is 0 Å². The zero-order valence-corrected chi connectivity index (χ0v) is 16.4. The van der Waals surface area contributed by atoms with Crippen molar-refractivity contribution in [2.24, 2.45) is 0 Å². The number of nitrogens with one attached hydrogen (secondary N) is 1. The summed E-state index contributed by atoms with van der Waals surface area (Å²) >= 11 is 0.